The molecule has 2 amide bonds. The third kappa shape index (κ3) is 4.36. The highest BCUT2D eigenvalue weighted by atomic mass is 32.1. The van der Waals surface area contributed by atoms with Crippen LogP contribution in [-0.2, 0) is 11.2 Å². The minimum atomic E-state index is -0.184. The fraction of sp³-hybridized carbons (Fsp3) is 0.529. The van der Waals surface area contributed by atoms with Gasteiger partial charge in [-0.15, -0.1) is 11.3 Å². The van der Waals surface area contributed by atoms with E-state index >= 15 is 0 Å². The van der Waals surface area contributed by atoms with E-state index in [4.69, 9.17) is 9.15 Å². The van der Waals surface area contributed by atoms with Gasteiger partial charge in [0.1, 0.15) is 17.6 Å². The Bertz CT molecular complexity index is 682. The average molecular weight is 349 g/mol. The minimum absolute atomic E-state index is 0.0399. The number of aryl methyl sites for hydroxylation is 3. The topological polar surface area (TPSA) is 67.6 Å². The normalized spacial score (nSPS) is 17.9. The highest BCUT2D eigenvalue weighted by Crippen LogP contribution is 2.24. The van der Waals surface area contributed by atoms with Crippen LogP contribution in [0, 0.1) is 13.8 Å². The van der Waals surface area contributed by atoms with Crippen LogP contribution in [0.4, 0.5) is 4.79 Å². The van der Waals surface area contributed by atoms with Crippen LogP contribution in [-0.4, -0.2) is 42.2 Å². The lowest BCUT2D eigenvalue weighted by atomic mass is 10.2. The van der Waals surface area contributed by atoms with Gasteiger partial charge >= 0.3 is 6.03 Å². The van der Waals surface area contributed by atoms with Gasteiger partial charge in [-0.2, -0.15) is 0 Å². The number of hydrogen-bond donors (Lipinski definition) is 1. The summed E-state index contributed by atoms with van der Waals surface area (Å²) in [5.41, 5.74) is 1.06. The van der Waals surface area contributed by atoms with Gasteiger partial charge in [-0.05, 0) is 32.4 Å². The van der Waals surface area contributed by atoms with E-state index in [1.807, 2.05) is 26.0 Å². The predicted molar refractivity (Wildman–Crippen MR) is 92.3 cm³/mol. The van der Waals surface area contributed by atoms with Crippen LogP contribution in [0.1, 0.15) is 34.7 Å². The Hall–Kier alpha value is -1.86. The number of amides is 2. The Kier molecular flexibility index (Phi) is 5.52. The molecule has 0 bridgehead atoms. The molecule has 1 unspecified atom stereocenters. The number of aromatic nitrogens is 1. The molecule has 3 rings (SSSR count). The molecule has 1 aliphatic heterocycles. The van der Waals surface area contributed by atoms with Gasteiger partial charge in [-0.3, -0.25) is 0 Å². The molecular weight excluding hydrogens is 326 g/mol. The van der Waals surface area contributed by atoms with E-state index in [-0.39, 0.29) is 12.1 Å². The Morgan fingerprint density at radius 2 is 2.33 bits per heavy atom. The maximum Gasteiger partial charge on any atom is 0.317 e. The van der Waals surface area contributed by atoms with E-state index in [0.29, 0.717) is 26.2 Å². The van der Waals surface area contributed by atoms with Gasteiger partial charge in [-0.1, -0.05) is 0 Å². The van der Waals surface area contributed by atoms with Crippen molar-refractivity contribution >= 4 is 17.4 Å². The van der Waals surface area contributed by atoms with Crippen molar-refractivity contribution in [3.63, 3.8) is 0 Å². The number of carbonyl (C=O) groups is 1. The van der Waals surface area contributed by atoms with Gasteiger partial charge in [-0.25, -0.2) is 9.78 Å². The smallest absolute Gasteiger partial charge is 0.317 e. The highest BCUT2D eigenvalue weighted by Gasteiger charge is 2.27. The number of rotatable bonds is 5. The molecule has 1 aliphatic rings. The summed E-state index contributed by atoms with van der Waals surface area (Å²) in [7, 11) is 0. The first kappa shape index (κ1) is 17.0. The van der Waals surface area contributed by atoms with E-state index < -0.39 is 0 Å². The van der Waals surface area contributed by atoms with Crippen molar-refractivity contribution in [1.82, 2.24) is 15.2 Å². The molecule has 2 aromatic heterocycles. The molecule has 6 nitrogen and oxygen atoms in total. The zero-order valence-corrected chi connectivity index (χ0v) is 14.9. The second-order valence-electron chi connectivity index (χ2n) is 5.97. The maximum atomic E-state index is 12.3. The molecule has 7 heteroatoms. The fourth-order valence-corrected chi connectivity index (χ4v) is 3.51. The number of nitrogens with one attached hydrogen (secondary N) is 1. The van der Waals surface area contributed by atoms with Crippen molar-refractivity contribution in [2.24, 2.45) is 0 Å². The van der Waals surface area contributed by atoms with Crippen molar-refractivity contribution in [3.05, 3.63) is 39.7 Å². The molecule has 1 saturated heterocycles. The summed E-state index contributed by atoms with van der Waals surface area (Å²) in [4.78, 5) is 18.5. The second kappa shape index (κ2) is 7.81. The lowest BCUT2D eigenvalue weighted by Gasteiger charge is -2.32. The molecule has 0 radical (unpaired) electrons. The van der Waals surface area contributed by atoms with Crippen LogP contribution in [0.5, 0.6) is 0 Å². The largest absolute Gasteiger partial charge is 0.464 e. The third-order valence-electron chi connectivity index (χ3n) is 3.94. The van der Waals surface area contributed by atoms with Gasteiger partial charge in [0.2, 0.25) is 0 Å². The molecule has 2 aromatic rings. The molecule has 0 saturated carbocycles. The van der Waals surface area contributed by atoms with Crippen molar-refractivity contribution in [2.75, 3.05) is 26.2 Å². The minimum Gasteiger partial charge on any atom is -0.464 e. The molecule has 1 fully saturated rings. The summed E-state index contributed by atoms with van der Waals surface area (Å²) >= 11 is 1.68. The van der Waals surface area contributed by atoms with E-state index in [9.17, 15) is 4.79 Å². The number of thiazole rings is 1. The van der Waals surface area contributed by atoms with Crippen molar-refractivity contribution in [1.29, 1.82) is 0 Å². The van der Waals surface area contributed by atoms with Crippen LogP contribution < -0.4 is 5.32 Å². The third-order valence-corrected chi connectivity index (χ3v) is 4.97. The quantitative estimate of drug-likeness (QED) is 0.843. The number of hydrogen-bond acceptors (Lipinski definition) is 5. The standard InChI is InChI=1S/C17H23N3O3S/c1-12-11-24-16(19-12)4-3-7-18-17(21)20-8-9-22-15(10-20)14-6-5-13(2)23-14/h5-6,11,15H,3-4,7-10H2,1-2H3,(H,18,21). The van der Waals surface area contributed by atoms with Crippen LogP contribution in [0.25, 0.3) is 0 Å². The van der Waals surface area contributed by atoms with Gasteiger partial charge in [0.05, 0.1) is 18.2 Å². The summed E-state index contributed by atoms with van der Waals surface area (Å²) in [6.45, 7) is 6.20. The zero-order chi connectivity index (χ0) is 16.9. The first-order valence-electron chi connectivity index (χ1n) is 8.23. The Labute approximate surface area is 145 Å². The predicted octanol–water partition coefficient (Wildman–Crippen LogP) is 3.07. The van der Waals surface area contributed by atoms with E-state index in [0.717, 1.165) is 35.1 Å². The first-order valence-corrected chi connectivity index (χ1v) is 9.11. The van der Waals surface area contributed by atoms with Crippen LogP contribution in [0.15, 0.2) is 21.9 Å². The summed E-state index contributed by atoms with van der Waals surface area (Å²) in [6.07, 6.45) is 1.61. The van der Waals surface area contributed by atoms with Gasteiger partial charge in [0.15, 0.2) is 0 Å². The second-order valence-corrected chi connectivity index (χ2v) is 6.91. The lowest BCUT2D eigenvalue weighted by Crippen LogP contribution is -2.47. The number of ether oxygens (including phenoxy) is 1. The lowest BCUT2D eigenvalue weighted by molar-refractivity contribution is -0.0263. The van der Waals surface area contributed by atoms with E-state index in [1.54, 1.807) is 16.2 Å². The number of furan rings is 1. The van der Waals surface area contributed by atoms with E-state index in [1.165, 1.54) is 0 Å². The Morgan fingerprint density at radius 3 is 3.04 bits per heavy atom. The molecule has 1 atom stereocenters. The summed E-state index contributed by atoms with van der Waals surface area (Å²) in [6, 6.07) is 3.79. The van der Waals surface area contributed by atoms with Crippen molar-refractivity contribution in [2.45, 2.75) is 32.8 Å². The highest BCUT2D eigenvalue weighted by molar-refractivity contribution is 7.09. The zero-order valence-electron chi connectivity index (χ0n) is 14.1. The van der Waals surface area contributed by atoms with Crippen molar-refractivity contribution in [3.8, 4) is 0 Å². The van der Waals surface area contributed by atoms with Crippen LogP contribution in [0.3, 0.4) is 0 Å². The van der Waals surface area contributed by atoms with Gasteiger partial charge in [0, 0.05) is 30.6 Å². The number of carbonyl (C=O) groups excluding carboxylic acids is 1. The Morgan fingerprint density at radius 1 is 1.46 bits per heavy atom. The number of morpholine rings is 1. The fourth-order valence-electron chi connectivity index (χ4n) is 2.70. The average Bonchev–Trinajstić information content (AvgIpc) is 3.20. The van der Waals surface area contributed by atoms with Crippen LogP contribution in [0.2, 0.25) is 0 Å². The van der Waals surface area contributed by atoms with Crippen LogP contribution >= 0.6 is 11.3 Å². The monoisotopic (exact) mass is 349 g/mol. The summed E-state index contributed by atoms with van der Waals surface area (Å²) in [5, 5.41) is 6.16. The number of urea groups is 1. The molecule has 0 aromatic carbocycles. The molecule has 130 valence electrons. The van der Waals surface area contributed by atoms with E-state index in [2.05, 4.69) is 15.7 Å². The summed E-state index contributed by atoms with van der Waals surface area (Å²) in [5.74, 6) is 1.64. The number of nitrogens with zero attached hydrogens (tertiary/aromatic N) is 2. The maximum absolute atomic E-state index is 12.3. The molecule has 24 heavy (non-hydrogen) atoms. The molecule has 0 aliphatic carbocycles. The molecule has 3 heterocycles. The van der Waals surface area contributed by atoms with Crippen molar-refractivity contribution < 1.29 is 13.9 Å². The Balaban J connectivity index is 1.42. The summed E-state index contributed by atoms with van der Waals surface area (Å²) < 4.78 is 11.3. The molecule has 1 N–H and O–H groups in total. The van der Waals surface area contributed by atoms with Gasteiger partial charge in [0.25, 0.3) is 0 Å². The first-order chi connectivity index (χ1) is 11.6. The molecule has 0 spiro atoms. The molecular formula is C17H23N3O3S. The van der Waals surface area contributed by atoms with Gasteiger partial charge < -0.3 is 19.4 Å². The SMILES string of the molecule is Cc1csc(CCCNC(=O)N2CCOC(c3ccc(C)o3)C2)n1.